The van der Waals surface area contributed by atoms with Crippen LogP contribution in [0.15, 0.2) is 48.0 Å². The number of carbonyl (C=O) groups excluding carboxylic acids is 4. The average Bonchev–Trinajstić information content (AvgIpc) is 3.65. The van der Waals surface area contributed by atoms with Crippen molar-refractivity contribution < 1.29 is 29.1 Å². The first-order valence-electron chi connectivity index (χ1n) is 14.2. The van der Waals surface area contributed by atoms with Crippen LogP contribution in [0.25, 0.3) is 10.9 Å². The third kappa shape index (κ3) is 10.6. The van der Waals surface area contributed by atoms with Gasteiger partial charge in [0, 0.05) is 54.8 Å². The van der Waals surface area contributed by atoms with Crippen molar-refractivity contribution in [3.8, 4) is 0 Å². The number of amides is 4. The van der Waals surface area contributed by atoms with Crippen LogP contribution < -0.4 is 38.9 Å². The third-order valence-corrected chi connectivity index (χ3v) is 6.94. The van der Waals surface area contributed by atoms with Crippen molar-refractivity contribution in [3.63, 3.8) is 0 Å². The van der Waals surface area contributed by atoms with Gasteiger partial charge in [-0.1, -0.05) is 18.2 Å². The molecule has 4 atom stereocenters. The van der Waals surface area contributed by atoms with Crippen molar-refractivity contribution in [2.24, 2.45) is 27.9 Å². The number of aliphatic carboxylic acids is 1. The number of rotatable bonds is 18. The first-order chi connectivity index (χ1) is 21.4. The number of aliphatic imine (C=N–C) groups is 1. The maximum Gasteiger partial charge on any atom is 0.326 e. The number of hydrogen-bond acceptors (Lipinski definition) is 8. The Morgan fingerprint density at radius 1 is 0.889 bits per heavy atom. The van der Waals surface area contributed by atoms with Crippen LogP contribution in [0.3, 0.4) is 0 Å². The molecule has 4 amide bonds. The number of hydrogen-bond donors (Lipinski definition) is 10. The van der Waals surface area contributed by atoms with Gasteiger partial charge in [-0.15, -0.1) is 0 Å². The summed E-state index contributed by atoms with van der Waals surface area (Å²) in [5.41, 5.74) is 24.1. The minimum Gasteiger partial charge on any atom is -0.480 e. The van der Waals surface area contributed by atoms with E-state index < -0.39 is 53.8 Å². The Kier molecular flexibility index (Phi) is 12.4. The molecule has 1 aromatic carbocycles. The lowest BCUT2D eigenvalue weighted by atomic mass is 10.0. The summed E-state index contributed by atoms with van der Waals surface area (Å²) in [6.07, 6.45) is 4.60. The Bertz CT molecular complexity index is 1500. The molecule has 2 heterocycles. The molecule has 0 aliphatic heterocycles. The molecule has 2 aromatic heterocycles. The summed E-state index contributed by atoms with van der Waals surface area (Å²) in [6, 6.07) is 2.42. The highest BCUT2D eigenvalue weighted by atomic mass is 16.4. The van der Waals surface area contributed by atoms with Gasteiger partial charge in [-0.05, 0) is 30.9 Å². The maximum absolute atomic E-state index is 13.7. The fraction of sp³-hybridized carbons (Fsp3) is 0.393. The molecule has 0 aliphatic rings. The number of fused-ring (bicyclic) bond motifs is 1. The molecule has 242 valence electrons. The van der Waals surface area contributed by atoms with E-state index in [2.05, 4.69) is 35.9 Å². The average molecular weight is 626 g/mol. The largest absolute Gasteiger partial charge is 0.480 e. The molecule has 3 aromatic rings. The van der Waals surface area contributed by atoms with Crippen LogP contribution in [-0.4, -0.2) is 86.3 Å². The van der Waals surface area contributed by atoms with E-state index in [4.69, 9.17) is 22.9 Å². The van der Waals surface area contributed by atoms with Crippen molar-refractivity contribution in [1.82, 2.24) is 30.9 Å². The highest BCUT2D eigenvalue weighted by Gasteiger charge is 2.31. The second-order valence-electron chi connectivity index (χ2n) is 10.4. The molecular formula is C28H39N11O6. The smallest absolute Gasteiger partial charge is 0.326 e. The minimum absolute atomic E-state index is 0.0300. The molecule has 0 fully saturated rings. The number of carboxylic acid groups (broad SMARTS) is 1. The summed E-state index contributed by atoms with van der Waals surface area (Å²) in [6.45, 7) is 0.168. The summed E-state index contributed by atoms with van der Waals surface area (Å²) in [4.78, 5) is 77.0. The van der Waals surface area contributed by atoms with Gasteiger partial charge in [-0.3, -0.25) is 24.2 Å². The van der Waals surface area contributed by atoms with E-state index in [1.807, 2.05) is 24.3 Å². The van der Waals surface area contributed by atoms with Gasteiger partial charge < -0.3 is 54.0 Å². The van der Waals surface area contributed by atoms with E-state index in [-0.39, 0.29) is 44.6 Å². The van der Waals surface area contributed by atoms with Crippen LogP contribution in [0.4, 0.5) is 0 Å². The van der Waals surface area contributed by atoms with Crippen LogP contribution in [-0.2, 0) is 36.8 Å². The Labute approximate surface area is 258 Å². The van der Waals surface area contributed by atoms with E-state index in [1.165, 1.54) is 12.5 Å². The Morgan fingerprint density at radius 2 is 1.58 bits per heavy atom. The highest BCUT2D eigenvalue weighted by molar-refractivity contribution is 5.95. The Hall–Kier alpha value is -5.45. The molecule has 0 aliphatic carbocycles. The molecule has 0 spiro atoms. The first kappa shape index (κ1) is 34.0. The van der Waals surface area contributed by atoms with Gasteiger partial charge in [0.1, 0.15) is 18.1 Å². The number of nitrogens with one attached hydrogen (secondary N) is 5. The van der Waals surface area contributed by atoms with E-state index in [1.54, 1.807) is 6.20 Å². The van der Waals surface area contributed by atoms with Gasteiger partial charge in [0.15, 0.2) is 5.96 Å². The molecule has 0 saturated carbocycles. The highest BCUT2D eigenvalue weighted by Crippen LogP contribution is 2.19. The van der Waals surface area contributed by atoms with Crippen LogP contribution in [0.2, 0.25) is 0 Å². The van der Waals surface area contributed by atoms with E-state index in [0.29, 0.717) is 17.7 Å². The molecule has 14 N–H and O–H groups in total. The second kappa shape index (κ2) is 16.4. The van der Waals surface area contributed by atoms with E-state index >= 15 is 0 Å². The summed E-state index contributed by atoms with van der Waals surface area (Å²) in [7, 11) is 0. The number of guanidine groups is 1. The van der Waals surface area contributed by atoms with Gasteiger partial charge in [-0.2, -0.15) is 0 Å². The SMILES string of the molecule is NC(=O)CCC(NC(=O)C(Cc1c[nH]c2ccccc12)NC(=O)C(CCCN=C(N)N)NC(=O)C(N)Cc1cnc[nH]1)C(=O)O. The number of nitrogens with zero attached hydrogens (tertiary/aromatic N) is 2. The van der Waals surface area contributed by atoms with Crippen LogP contribution in [0.5, 0.6) is 0 Å². The number of imidazole rings is 1. The lowest BCUT2D eigenvalue weighted by Crippen LogP contribution is -2.57. The van der Waals surface area contributed by atoms with Crippen molar-refractivity contribution in [2.45, 2.75) is 62.7 Å². The number of aromatic nitrogens is 3. The van der Waals surface area contributed by atoms with Crippen molar-refractivity contribution in [1.29, 1.82) is 0 Å². The number of benzene rings is 1. The zero-order valence-electron chi connectivity index (χ0n) is 24.5. The number of aromatic amines is 2. The summed E-state index contributed by atoms with van der Waals surface area (Å²) < 4.78 is 0. The number of nitrogens with two attached hydrogens (primary N) is 4. The first-order valence-corrected chi connectivity index (χ1v) is 14.2. The minimum atomic E-state index is -1.44. The Balaban J connectivity index is 1.84. The van der Waals surface area contributed by atoms with Crippen molar-refractivity contribution in [2.75, 3.05) is 6.54 Å². The maximum atomic E-state index is 13.7. The van der Waals surface area contributed by atoms with Crippen LogP contribution in [0, 0.1) is 0 Å². The topological polar surface area (TPSA) is 303 Å². The summed E-state index contributed by atoms with van der Waals surface area (Å²) in [5.74, 6) is -4.40. The quantitative estimate of drug-likeness (QED) is 0.0415. The van der Waals surface area contributed by atoms with Crippen LogP contribution in [0.1, 0.15) is 36.9 Å². The number of para-hydroxylation sites is 1. The number of primary amides is 1. The van der Waals surface area contributed by atoms with Gasteiger partial charge in [0.05, 0.1) is 12.4 Å². The zero-order chi connectivity index (χ0) is 32.9. The predicted molar refractivity (Wildman–Crippen MR) is 164 cm³/mol. The summed E-state index contributed by atoms with van der Waals surface area (Å²) in [5, 5.41) is 18.1. The molecular weight excluding hydrogens is 586 g/mol. The molecule has 3 rings (SSSR count). The van der Waals surface area contributed by atoms with Crippen molar-refractivity contribution >= 4 is 46.5 Å². The number of carbonyl (C=O) groups is 5. The summed E-state index contributed by atoms with van der Waals surface area (Å²) >= 11 is 0. The van der Waals surface area contributed by atoms with Gasteiger partial charge in [0.25, 0.3) is 0 Å². The third-order valence-electron chi connectivity index (χ3n) is 6.94. The van der Waals surface area contributed by atoms with Gasteiger partial charge in [-0.25, -0.2) is 9.78 Å². The molecule has 17 nitrogen and oxygen atoms in total. The fourth-order valence-corrected chi connectivity index (χ4v) is 4.60. The molecule has 0 saturated heterocycles. The predicted octanol–water partition coefficient (Wildman–Crippen LogP) is -2.14. The monoisotopic (exact) mass is 625 g/mol. The molecule has 45 heavy (non-hydrogen) atoms. The fourth-order valence-electron chi connectivity index (χ4n) is 4.60. The lowest BCUT2D eigenvalue weighted by Gasteiger charge is -2.25. The van der Waals surface area contributed by atoms with E-state index in [0.717, 1.165) is 10.9 Å². The molecule has 4 unspecified atom stereocenters. The molecule has 0 radical (unpaired) electrons. The van der Waals surface area contributed by atoms with Gasteiger partial charge in [0.2, 0.25) is 23.6 Å². The normalized spacial score (nSPS) is 13.6. The second-order valence-corrected chi connectivity index (χ2v) is 10.4. The van der Waals surface area contributed by atoms with E-state index in [9.17, 15) is 29.1 Å². The molecule has 17 heteroatoms. The lowest BCUT2D eigenvalue weighted by molar-refractivity contribution is -0.142. The van der Waals surface area contributed by atoms with Crippen molar-refractivity contribution in [3.05, 3.63) is 54.2 Å². The standard InChI is InChI=1S/C28H39N11O6/c29-18(11-16-13-33-14-36-16)24(41)37-20(6-3-9-34-28(31)32)25(42)39-22(10-15-12-35-19-5-2-1-4-17(15)19)26(43)38-21(27(44)45)7-8-23(30)40/h1-2,4-5,12-14,18,20-22,35H,3,6-11,29H2,(H2,30,40)(H,33,36)(H,37,41)(H,38,43)(H,39,42)(H,44,45)(H4,31,32,34). The number of carboxylic acids is 1. The van der Waals surface area contributed by atoms with Crippen LogP contribution >= 0.6 is 0 Å². The van der Waals surface area contributed by atoms with Gasteiger partial charge >= 0.3 is 5.97 Å². The zero-order valence-corrected chi connectivity index (χ0v) is 24.5. The Morgan fingerprint density at radius 3 is 2.24 bits per heavy atom. The molecule has 0 bridgehead atoms. The number of H-pyrrole nitrogens is 2.